The number of phenols is 2. The van der Waals surface area contributed by atoms with E-state index in [2.05, 4.69) is 10.6 Å². The van der Waals surface area contributed by atoms with Crippen LogP contribution in [0.1, 0.15) is 36.8 Å². The minimum absolute atomic E-state index is 0.124. The Morgan fingerprint density at radius 3 is 1.94 bits per heavy atom. The lowest BCUT2D eigenvalue weighted by Gasteiger charge is -2.21. The van der Waals surface area contributed by atoms with Gasteiger partial charge in [0.1, 0.15) is 11.5 Å². The molecule has 6 N–H and O–H groups in total. The lowest BCUT2D eigenvalue weighted by molar-refractivity contribution is -0.126. The summed E-state index contributed by atoms with van der Waals surface area (Å²) in [6, 6.07) is 13.2. The first-order valence-electron chi connectivity index (χ1n) is 12.4. The minimum atomic E-state index is -0.250. The highest BCUT2D eigenvalue weighted by Gasteiger charge is 2.10. The summed E-state index contributed by atoms with van der Waals surface area (Å²) in [5, 5.41) is 24.9. The van der Waals surface area contributed by atoms with Crippen LogP contribution in [0.25, 0.3) is 12.2 Å². The van der Waals surface area contributed by atoms with E-state index in [4.69, 9.17) is 5.73 Å². The first kappa shape index (κ1) is 28.6. The van der Waals surface area contributed by atoms with Crippen molar-refractivity contribution >= 4 is 24.0 Å². The van der Waals surface area contributed by atoms with Gasteiger partial charge in [0.15, 0.2) is 0 Å². The van der Waals surface area contributed by atoms with Gasteiger partial charge in [0, 0.05) is 44.9 Å². The fourth-order valence-corrected chi connectivity index (χ4v) is 3.45. The summed E-state index contributed by atoms with van der Waals surface area (Å²) in [5.41, 5.74) is 7.09. The van der Waals surface area contributed by atoms with Gasteiger partial charge in [-0.25, -0.2) is 0 Å². The molecule has 0 fully saturated rings. The summed E-state index contributed by atoms with van der Waals surface area (Å²) >= 11 is 0. The number of benzene rings is 2. The van der Waals surface area contributed by atoms with Crippen molar-refractivity contribution in [1.29, 1.82) is 0 Å². The van der Waals surface area contributed by atoms with Crippen LogP contribution in [-0.4, -0.2) is 66.2 Å². The second-order valence-corrected chi connectivity index (χ2v) is 8.42. The molecule has 2 amide bonds. The van der Waals surface area contributed by atoms with Gasteiger partial charge in [-0.3, -0.25) is 9.59 Å². The molecule has 8 nitrogen and oxygen atoms in total. The molecule has 0 aliphatic heterocycles. The molecule has 2 aromatic carbocycles. The van der Waals surface area contributed by atoms with E-state index in [0.29, 0.717) is 26.2 Å². The number of nitrogens with one attached hydrogen (secondary N) is 2. The maximum atomic E-state index is 12.9. The van der Waals surface area contributed by atoms with Gasteiger partial charge in [-0.15, -0.1) is 0 Å². The summed E-state index contributed by atoms with van der Waals surface area (Å²) < 4.78 is 0. The van der Waals surface area contributed by atoms with E-state index in [1.807, 2.05) is 0 Å². The van der Waals surface area contributed by atoms with E-state index >= 15 is 0 Å². The van der Waals surface area contributed by atoms with E-state index < -0.39 is 0 Å². The Morgan fingerprint density at radius 2 is 1.33 bits per heavy atom. The van der Waals surface area contributed by atoms with Crippen LogP contribution >= 0.6 is 0 Å². The van der Waals surface area contributed by atoms with E-state index in [0.717, 1.165) is 49.9 Å². The maximum Gasteiger partial charge on any atom is 0.246 e. The third kappa shape index (κ3) is 12.2. The molecule has 2 rings (SSSR count). The molecule has 0 unspecified atom stereocenters. The smallest absolute Gasteiger partial charge is 0.246 e. The molecule has 8 heteroatoms. The molecule has 2 aromatic rings. The fraction of sp³-hybridized carbons (Fsp3) is 0.357. The Bertz CT molecular complexity index is 972. The van der Waals surface area contributed by atoms with E-state index in [1.165, 1.54) is 12.2 Å². The van der Waals surface area contributed by atoms with Crippen molar-refractivity contribution in [3.05, 3.63) is 71.8 Å². The zero-order valence-corrected chi connectivity index (χ0v) is 20.7. The van der Waals surface area contributed by atoms with Gasteiger partial charge in [0.25, 0.3) is 0 Å². The van der Waals surface area contributed by atoms with Crippen molar-refractivity contribution in [3.63, 3.8) is 0 Å². The molecule has 0 aromatic heterocycles. The third-order valence-electron chi connectivity index (χ3n) is 5.48. The van der Waals surface area contributed by atoms with Gasteiger partial charge in [-0.05, 0) is 66.9 Å². The molecule has 194 valence electrons. The van der Waals surface area contributed by atoms with E-state index in [1.54, 1.807) is 65.6 Å². The molecule has 36 heavy (non-hydrogen) atoms. The molecular formula is C28H38N4O4. The summed E-state index contributed by atoms with van der Waals surface area (Å²) in [4.78, 5) is 26.8. The molecule has 0 aliphatic rings. The molecule has 0 bridgehead atoms. The Labute approximate surface area is 213 Å². The molecule has 0 radical (unpaired) electrons. The van der Waals surface area contributed by atoms with Crippen molar-refractivity contribution < 1.29 is 19.8 Å². The van der Waals surface area contributed by atoms with Gasteiger partial charge < -0.3 is 31.5 Å². The van der Waals surface area contributed by atoms with Gasteiger partial charge >= 0.3 is 0 Å². The van der Waals surface area contributed by atoms with Crippen molar-refractivity contribution in [3.8, 4) is 11.5 Å². The normalized spacial score (nSPS) is 11.2. The van der Waals surface area contributed by atoms with Crippen LogP contribution in [0, 0.1) is 0 Å². The highest BCUT2D eigenvalue weighted by atomic mass is 16.3. The fourth-order valence-electron chi connectivity index (χ4n) is 3.45. The van der Waals surface area contributed by atoms with Crippen molar-refractivity contribution in [2.75, 3.05) is 39.3 Å². The van der Waals surface area contributed by atoms with Crippen LogP contribution < -0.4 is 16.4 Å². The van der Waals surface area contributed by atoms with Crippen molar-refractivity contribution in [2.45, 2.75) is 25.7 Å². The predicted octanol–water partition coefficient (Wildman–Crippen LogP) is 2.88. The number of amides is 2. The van der Waals surface area contributed by atoms with Crippen LogP contribution in [0.3, 0.4) is 0 Å². The zero-order valence-electron chi connectivity index (χ0n) is 20.7. The highest BCUT2D eigenvalue weighted by molar-refractivity contribution is 5.92. The van der Waals surface area contributed by atoms with Gasteiger partial charge in [-0.2, -0.15) is 0 Å². The summed E-state index contributed by atoms with van der Waals surface area (Å²) in [7, 11) is 0. The summed E-state index contributed by atoms with van der Waals surface area (Å²) in [6.07, 6.45) is 10.4. The number of carbonyl (C=O) groups is 2. The van der Waals surface area contributed by atoms with Crippen LogP contribution in [0.2, 0.25) is 0 Å². The lowest BCUT2D eigenvalue weighted by Crippen LogP contribution is -2.38. The SMILES string of the molecule is NCCNCCCCCCN(CCNC(=O)/C=C/c1ccc(O)cc1)C(=O)/C=C/c1ccc(O)cc1. The minimum Gasteiger partial charge on any atom is -0.508 e. The van der Waals surface area contributed by atoms with Crippen LogP contribution in [0.15, 0.2) is 60.7 Å². The number of unbranched alkanes of at least 4 members (excludes halogenated alkanes) is 3. The number of hydrogen-bond acceptors (Lipinski definition) is 6. The van der Waals surface area contributed by atoms with Crippen LogP contribution in [0.5, 0.6) is 11.5 Å². The number of aromatic hydroxyl groups is 2. The Morgan fingerprint density at radius 1 is 0.750 bits per heavy atom. The predicted molar refractivity (Wildman–Crippen MR) is 144 cm³/mol. The first-order valence-corrected chi connectivity index (χ1v) is 12.4. The second kappa shape index (κ2) is 16.9. The molecule has 0 aliphatic carbocycles. The van der Waals surface area contributed by atoms with E-state index in [9.17, 15) is 19.8 Å². The number of nitrogens with zero attached hydrogens (tertiary/aromatic N) is 1. The topological polar surface area (TPSA) is 128 Å². The Kier molecular flexibility index (Phi) is 13.4. The summed E-state index contributed by atoms with van der Waals surface area (Å²) in [6.45, 7) is 3.74. The van der Waals surface area contributed by atoms with Crippen molar-refractivity contribution in [2.24, 2.45) is 5.73 Å². The van der Waals surface area contributed by atoms with Crippen LogP contribution in [-0.2, 0) is 9.59 Å². The van der Waals surface area contributed by atoms with Gasteiger partial charge in [0.05, 0.1) is 0 Å². The van der Waals surface area contributed by atoms with E-state index in [-0.39, 0.29) is 23.3 Å². The number of phenolic OH excluding ortho intramolecular Hbond substituents is 2. The zero-order chi connectivity index (χ0) is 26.0. The molecule has 0 spiro atoms. The molecular weight excluding hydrogens is 456 g/mol. The molecule has 0 heterocycles. The second-order valence-electron chi connectivity index (χ2n) is 8.42. The number of nitrogens with two attached hydrogens (primary N) is 1. The Hall–Kier alpha value is -3.62. The van der Waals surface area contributed by atoms with Gasteiger partial charge in [-0.1, -0.05) is 37.1 Å². The van der Waals surface area contributed by atoms with Crippen molar-refractivity contribution in [1.82, 2.24) is 15.5 Å². The first-order chi connectivity index (χ1) is 17.5. The molecule has 0 saturated carbocycles. The quantitative estimate of drug-likeness (QED) is 0.180. The standard InChI is InChI=1S/C28H38N4O4/c29-17-19-30-18-3-1-2-4-21-32(28(36)16-10-24-7-13-26(34)14-8-24)22-20-31-27(35)15-9-23-5-11-25(33)12-6-23/h5-16,30,33-34H,1-4,17-22,29H2,(H,31,35)/b15-9+,16-10+. The maximum absolute atomic E-state index is 12.9. The molecule has 0 saturated heterocycles. The number of hydrogen-bond donors (Lipinski definition) is 5. The highest BCUT2D eigenvalue weighted by Crippen LogP contribution is 2.12. The number of rotatable bonds is 16. The average molecular weight is 495 g/mol. The summed E-state index contributed by atoms with van der Waals surface area (Å²) in [5.74, 6) is -0.0284. The van der Waals surface area contributed by atoms with Gasteiger partial charge in [0.2, 0.25) is 11.8 Å². The average Bonchev–Trinajstić information content (AvgIpc) is 2.88. The van der Waals surface area contributed by atoms with Crippen LogP contribution in [0.4, 0.5) is 0 Å². The number of carbonyl (C=O) groups excluding carboxylic acids is 2. The molecule has 0 atom stereocenters. The Balaban J connectivity index is 1.84. The largest absolute Gasteiger partial charge is 0.508 e. The monoisotopic (exact) mass is 494 g/mol. The lowest BCUT2D eigenvalue weighted by atomic mass is 10.1. The third-order valence-corrected chi connectivity index (χ3v) is 5.48.